The number of piperazine rings is 1. The molecule has 2 aliphatic rings. The second-order valence-electron chi connectivity index (χ2n) is 4.63. The first-order valence-electron chi connectivity index (χ1n) is 6.48. The van der Waals surface area contributed by atoms with E-state index in [4.69, 9.17) is 4.74 Å². The van der Waals surface area contributed by atoms with Gasteiger partial charge in [-0.15, -0.1) is 0 Å². The summed E-state index contributed by atoms with van der Waals surface area (Å²) in [4.78, 5) is 2.63. The van der Waals surface area contributed by atoms with Crippen LogP contribution < -0.4 is 5.32 Å². The molecular formula is C12H24N2O. The highest BCUT2D eigenvalue weighted by molar-refractivity contribution is 4.86. The van der Waals surface area contributed by atoms with Crippen molar-refractivity contribution in [3.63, 3.8) is 0 Å². The van der Waals surface area contributed by atoms with Gasteiger partial charge in [-0.1, -0.05) is 12.8 Å². The lowest BCUT2D eigenvalue weighted by molar-refractivity contribution is -0.0344. The molecule has 1 unspecified atom stereocenters. The second kappa shape index (κ2) is 5.83. The summed E-state index contributed by atoms with van der Waals surface area (Å²) in [5.74, 6) is 0. The molecule has 0 aromatic carbocycles. The molecule has 1 aliphatic heterocycles. The van der Waals surface area contributed by atoms with Crippen molar-refractivity contribution < 1.29 is 4.74 Å². The first-order valence-corrected chi connectivity index (χ1v) is 6.48. The van der Waals surface area contributed by atoms with E-state index in [0.29, 0.717) is 12.1 Å². The summed E-state index contributed by atoms with van der Waals surface area (Å²) in [7, 11) is 0. The van der Waals surface area contributed by atoms with Crippen LogP contribution in [0.3, 0.4) is 0 Å². The second-order valence-corrected chi connectivity index (χ2v) is 4.63. The maximum atomic E-state index is 5.89. The zero-order valence-corrected chi connectivity index (χ0v) is 9.87. The molecule has 3 nitrogen and oxygen atoms in total. The molecule has 0 amide bonds. The molecule has 1 saturated heterocycles. The van der Waals surface area contributed by atoms with Gasteiger partial charge in [-0.25, -0.2) is 0 Å². The van der Waals surface area contributed by atoms with Gasteiger partial charge in [-0.3, -0.25) is 4.90 Å². The molecule has 0 aromatic rings. The van der Waals surface area contributed by atoms with E-state index in [-0.39, 0.29) is 0 Å². The summed E-state index contributed by atoms with van der Waals surface area (Å²) in [6.07, 6.45) is 5.85. The number of hydrogen-bond acceptors (Lipinski definition) is 3. The summed E-state index contributed by atoms with van der Waals surface area (Å²) < 4.78 is 5.89. The van der Waals surface area contributed by atoms with Gasteiger partial charge < -0.3 is 10.1 Å². The average Bonchev–Trinajstić information content (AvgIpc) is 2.31. The molecule has 15 heavy (non-hydrogen) atoms. The fraction of sp³-hybridized carbons (Fsp3) is 1.00. The molecule has 0 spiro atoms. The average molecular weight is 212 g/mol. The summed E-state index contributed by atoms with van der Waals surface area (Å²) in [5.41, 5.74) is 0. The third-order valence-corrected chi connectivity index (χ3v) is 3.67. The van der Waals surface area contributed by atoms with Crippen LogP contribution in [0.5, 0.6) is 0 Å². The Balaban J connectivity index is 1.90. The monoisotopic (exact) mass is 212 g/mol. The van der Waals surface area contributed by atoms with Gasteiger partial charge in [-0.05, 0) is 19.8 Å². The van der Waals surface area contributed by atoms with Crippen LogP contribution in [0.15, 0.2) is 0 Å². The smallest absolute Gasteiger partial charge is 0.0730 e. The first-order chi connectivity index (χ1) is 7.42. The number of hydrogen-bond donors (Lipinski definition) is 1. The van der Waals surface area contributed by atoms with Crippen LogP contribution >= 0.6 is 0 Å². The Bertz CT molecular complexity index is 168. The molecule has 2 fully saturated rings. The van der Waals surface area contributed by atoms with Crippen molar-refractivity contribution in [2.24, 2.45) is 0 Å². The minimum Gasteiger partial charge on any atom is -0.377 e. The van der Waals surface area contributed by atoms with Gasteiger partial charge in [0, 0.05) is 38.8 Å². The number of nitrogens with zero attached hydrogens (tertiary/aromatic N) is 1. The Morgan fingerprint density at radius 1 is 1.20 bits per heavy atom. The normalized spacial score (nSPS) is 34.2. The highest BCUT2D eigenvalue weighted by atomic mass is 16.5. The molecule has 0 bridgehead atoms. The van der Waals surface area contributed by atoms with E-state index in [1.54, 1.807) is 0 Å². The quantitative estimate of drug-likeness (QED) is 0.762. The molecule has 1 aliphatic carbocycles. The Hall–Kier alpha value is -0.120. The van der Waals surface area contributed by atoms with Crippen molar-refractivity contribution in [3.05, 3.63) is 0 Å². The van der Waals surface area contributed by atoms with E-state index in [2.05, 4.69) is 17.1 Å². The molecule has 1 saturated carbocycles. The molecule has 88 valence electrons. The largest absolute Gasteiger partial charge is 0.377 e. The Morgan fingerprint density at radius 3 is 2.67 bits per heavy atom. The fourth-order valence-electron chi connectivity index (χ4n) is 2.92. The zero-order chi connectivity index (χ0) is 10.5. The maximum Gasteiger partial charge on any atom is 0.0730 e. The number of ether oxygens (including phenoxy) is 1. The van der Waals surface area contributed by atoms with Gasteiger partial charge >= 0.3 is 0 Å². The third-order valence-electron chi connectivity index (χ3n) is 3.67. The lowest BCUT2D eigenvalue weighted by atomic mass is 9.91. The van der Waals surface area contributed by atoms with Crippen LogP contribution in [-0.4, -0.2) is 49.8 Å². The van der Waals surface area contributed by atoms with Crippen LogP contribution in [0.2, 0.25) is 0 Å². The van der Waals surface area contributed by atoms with Crippen LogP contribution in [0.1, 0.15) is 32.6 Å². The SMILES string of the molecule is CCO[C@@H]1CCCCC1N1CCNCC1. The molecule has 2 rings (SSSR count). The first kappa shape index (κ1) is 11.4. The van der Waals surface area contributed by atoms with Gasteiger partial charge in [-0.2, -0.15) is 0 Å². The van der Waals surface area contributed by atoms with E-state index in [0.717, 1.165) is 19.7 Å². The van der Waals surface area contributed by atoms with E-state index >= 15 is 0 Å². The standard InChI is InChI=1S/C12H24N2O/c1-2-15-12-6-4-3-5-11(12)14-9-7-13-8-10-14/h11-13H,2-10H2,1H3/t11?,12-/m1/s1. The predicted octanol–water partition coefficient (Wildman–Crippen LogP) is 1.24. The van der Waals surface area contributed by atoms with Gasteiger partial charge in [0.25, 0.3) is 0 Å². The van der Waals surface area contributed by atoms with Crippen molar-refractivity contribution in [1.29, 1.82) is 0 Å². The Labute approximate surface area is 93.2 Å². The topological polar surface area (TPSA) is 24.5 Å². The van der Waals surface area contributed by atoms with Gasteiger partial charge in [0.1, 0.15) is 0 Å². The van der Waals surface area contributed by atoms with Crippen LogP contribution in [0.25, 0.3) is 0 Å². The van der Waals surface area contributed by atoms with Crippen molar-refractivity contribution >= 4 is 0 Å². The highest BCUT2D eigenvalue weighted by Crippen LogP contribution is 2.25. The van der Waals surface area contributed by atoms with Crippen molar-refractivity contribution in [2.45, 2.75) is 44.8 Å². The van der Waals surface area contributed by atoms with Crippen LogP contribution in [0.4, 0.5) is 0 Å². The Kier molecular flexibility index (Phi) is 4.42. The van der Waals surface area contributed by atoms with E-state index in [1.165, 1.54) is 38.8 Å². The summed E-state index contributed by atoms with van der Waals surface area (Å²) in [6.45, 7) is 7.68. The van der Waals surface area contributed by atoms with Gasteiger partial charge in [0.2, 0.25) is 0 Å². The highest BCUT2D eigenvalue weighted by Gasteiger charge is 2.30. The summed E-state index contributed by atoms with van der Waals surface area (Å²) in [6, 6.07) is 0.695. The fourth-order valence-corrected chi connectivity index (χ4v) is 2.92. The van der Waals surface area contributed by atoms with Gasteiger partial charge in [0.15, 0.2) is 0 Å². The molecule has 0 radical (unpaired) electrons. The van der Waals surface area contributed by atoms with E-state index in [9.17, 15) is 0 Å². The zero-order valence-electron chi connectivity index (χ0n) is 9.87. The lowest BCUT2D eigenvalue weighted by Crippen LogP contribution is -2.53. The summed E-state index contributed by atoms with van der Waals surface area (Å²) >= 11 is 0. The molecule has 0 aromatic heterocycles. The Morgan fingerprint density at radius 2 is 1.93 bits per heavy atom. The molecular weight excluding hydrogens is 188 g/mol. The lowest BCUT2D eigenvalue weighted by Gasteiger charge is -2.41. The minimum absolute atomic E-state index is 0.502. The van der Waals surface area contributed by atoms with Crippen LogP contribution in [0, 0.1) is 0 Å². The van der Waals surface area contributed by atoms with Gasteiger partial charge in [0.05, 0.1) is 6.10 Å². The van der Waals surface area contributed by atoms with E-state index < -0.39 is 0 Å². The van der Waals surface area contributed by atoms with Crippen molar-refractivity contribution in [3.8, 4) is 0 Å². The molecule has 1 N–H and O–H groups in total. The summed E-state index contributed by atoms with van der Waals surface area (Å²) in [5, 5.41) is 3.42. The number of rotatable bonds is 3. The van der Waals surface area contributed by atoms with Crippen molar-refractivity contribution in [1.82, 2.24) is 10.2 Å². The maximum absolute atomic E-state index is 5.89. The van der Waals surface area contributed by atoms with Crippen molar-refractivity contribution in [2.75, 3.05) is 32.8 Å². The third kappa shape index (κ3) is 2.92. The minimum atomic E-state index is 0.502. The predicted molar refractivity (Wildman–Crippen MR) is 62.1 cm³/mol. The molecule has 3 heteroatoms. The van der Waals surface area contributed by atoms with Crippen LogP contribution in [-0.2, 0) is 4.74 Å². The van der Waals surface area contributed by atoms with E-state index in [1.807, 2.05) is 0 Å². The molecule has 1 heterocycles. The molecule has 2 atom stereocenters. The number of nitrogens with one attached hydrogen (secondary N) is 1.